The Balaban J connectivity index is 0. The summed E-state index contributed by atoms with van der Waals surface area (Å²) in [6.07, 6.45) is 5.93. The number of carbonyl (C=O) groups is 3. The Bertz CT molecular complexity index is 889. The van der Waals surface area contributed by atoms with E-state index in [1.54, 1.807) is 12.1 Å². The predicted molar refractivity (Wildman–Crippen MR) is 145 cm³/mol. The summed E-state index contributed by atoms with van der Waals surface area (Å²) in [5.41, 5.74) is 2.70. The van der Waals surface area contributed by atoms with Crippen molar-refractivity contribution in [2.75, 3.05) is 20.7 Å². The average Bonchev–Trinajstić information content (AvgIpc) is 2.91. The largest absolute Gasteiger partial charge is 0.471 e. The van der Waals surface area contributed by atoms with E-state index in [9.17, 15) is 9.59 Å². The van der Waals surface area contributed by atoms with E-state index >= 15 is 0 Å². The van der Waals surface area contributed by atoms with Crippen molar-refractivity contribution in [2.24, 2.45) is 0 Å². The first-order valence-corrected chi connectivity index (χ1v) is 11.3. The Kier molecular flexibility index (Phi) is 24.0. The van der Waals surface area contributed by atoms with Crippen molar-refractivity contribution < 1.29 is 19.1 Å². The van der Waals surface area contributed by atoms with Gasteiger partial charge in [0.05, 0.1) is 15.0 Å². The molecule has 2 rings (SSSR count). The first kappa shape index (κ1) is 33.5. The molecule has 7 heteroatoms. The summed E-state index contributed by atoms with van der Waals surface area (Å²) in [6.45, 7) is 7.24. The Morgan fingerprint density at radius 1 is 1.06 bits per heavy atom. The second-order valence-electron chi connectivity index (χ2n) is 6.99. The fourth-order valence-electron chi connectivity index (χ4n) is 1.91. The molecule has 1 unspecified atom stereocenters. The first-order valence-electron chi connectivity index (χ1n) is 11.3. The third-order valence-corrected chi connectivity index (χ3v) is 3.80. The molecule has 0 saturated heterocycles. The Morgan fingerprint density at radius 2 is 1.63 bits per heavy atom. The van der Waals surface area contributed by atoms with E-state index < -0.39 is 0 Å². The molecule has 0 bridgehead atoms. The van der Waals surface area contributed by atoms with Crippen molar-refractivity contribution >= 4 is 32.6 Å². The summed E-state index contributed by atoms with van der Waals surface area (Å²) in [7, 11) is 8.23. The van der Waals surface area contributed by atoms with Gasteiger partial charge in [0, 0.05) is 23.7 Å². The van der Waals surface area contributed by atoms with Crippen LogP contribution in [0.2, 0.25) is 6.32 Å². The fraction of sp³-hybridized carbons (Fsp3) is 0.321. The Morgan fingerprint density at radius 3 is 2.09 bits per heavy atom. The smallest absolute Gasteiger partial charge is 0.292 e. The highest BCUT2D eigenvalue weighted by Crippen LogP contribution is 2.02. The molecule has 0 fully saturated rings. The van der Waals surface area contributed by atoms with Gasteiger partial charge in [0.25, 0.3) is 6.47 Å². The van der Waals surface area contributed by atoms with Crippen LogP contribution in [0.4, 0.5) is 0 Å². The van der Waals surface area contributed by atoms with Gasteiger partial charge >= 0.3 is 0 Å². The van der Waals surface area contributed by atoms with Crippen LogP contribution in [-0.4, -0.2) is 53.3 Å². The second-order valence-corrected chi connectivity index (χ2v) is 6.99. The molecular weight excluding hydrogens is 439 g/mol. The van der Waals surface area contributed by atoms with Gasteiger partial charge in [-0.2, -0.15) is 0 Å². The Hall–Kier alpha value is -3.63. The summed E-state index contributed by atoms with van der Waals surface area (Å²) < 4.78 is 3.86. The number of rotatable bonds is 7. The van der Waals surface area contributed by atoms with Crippen molar-refractivity contribution in [1.82, 2.24) is 10.6 Å². The van der Waals surface area contributed by atoms with Crippen LogP contribution in [0, 0.1) is 11.8 Å². The van der Waals surface area contributed by atoms with Crippen molar-refractivity contribution in [3.05, 3.63) is 77.4 Å². The summed E-state index contributed by atoms with van der Waals surface area (Å²) in [4.78, 5) is 30.0. The van der Waals surface area contributed by atoms with Crippen LogP contribution < -0.4 is 10.6 Å². The van der Waals surface area contributed by atoms with Crippen molar-refractivity contribution in [1.29, 1.82) is 0 Å². The minimum absolute atomic E-state index is 0.0659. The standard InChI is InChI=1S/C17H12O.C6H13BN2O.C3H8.C2H4O2/c18-14-17-12-10-16(11-13-17)9-5-4-8-15-6-2-1-3-7-15;1-5(8-2)4-9-6(10)3-7;1-3-2;1-4-2-3/h1-4,6-8,10-14H;5,8H,3-4H2,1-2H3,(H,9,10);3H2,1-2H3;2H,1H3/b8-4+;;;. The number of allylic oxidation sites excluding steroid dienone is 1. The molecule has 0 aromatic heterocycles. The number of hydrogen-bond donors (Lipinski definition) is 2. The number of benzene rings is 2. The zero-order valence-corrected chi connectivity index (χ0v) is 21.4. The predicted octanol–water partition coefficient (Wildman–Crippen LogP) is 4.07. The van der Waals surface area contributed by atoms with Crippen LogP contribution in [0.5, 0.6) is 0 Å². The number of ether oxygens (including phenoxy) is 1. The number of amides is 1. The number of methoxy groups -OCH3 is 1. The number of hydrogen-bond acceptors (Lipinski definition) is 5. The van der Waals surface area contributed by atoms with Crippen LogP contribution in [-0.2, 0) is 14.3 Å². The molecule has 0 saturated carbocycles. The number of nitrogens with one attached hydrogen (secondary N) is 2. The normalized spacial score (nSPS) is 9.74. The number of carbonyl (C=O) groups excluding carboxylic acids is 3. The van der Waals surface area contributed by atoms with Gasteiger partial charge in [-0.05, 0) is 50.1 Å². The summed E-state index contributed by atoms with van der Waals surface area (Å²) in [5, 5.41) is 5.65. The molecule has 2 N–H and O–H groups in total. The van der Waals surface area contributed by atoms with Crippen LogP contribution in [0.1, 0.15) is 48.7 Å². The maximum atomic E-state index is 10.6. The maximum absolute atomic E-state index is 10.6. The molecule has 186 valence electrons. The number of likely N-dealkylation sites (N-methyl/N-ethyl adjacent to an activating group) is 1. The van der Waals surface area contributed by atoms with Gasteiger partial charge in [0.2, 0.25) is 5.91 Å². The molecule has 0 aliphatic carbocycles. The van der Waals surface area contributed by atoms with E-state index in [0.29, 0.717) is 24.6 Å². The van der Waals surface area contributed by atoms with E-state index in [1.165, 1.54) is 13.5 Å². The zero-order chi connectivity index (χ0) is 26.7. The van der Waals surface area contributed by atoms with Gasteiger partial charge in [-0.3, -0.25) is 14.4 Å². The SMILES string of the molecule is CCC.COC=O.O=Cc1ccc(C#C/C=C/c2ccccc2)cc1.[B]CC(=O)NCC(C)NC. The van der Waals surface area contributed by atoms with Gasteiger partial charge in [-0.1, -0.05) is 74.6 Å². The molecule has 2 aromatic rings. The van der Waals surface area contributed by atoms with Gasteiger partial charge in [0.1, 0.15) is 6.29 Å². The monoisotopic (exact) mass is 476 g/mol. The molecule has 2 radical (unpaired) electrons. The lowest BCUT2D eigenvalue weighted by atomic mass is 10.1. The maximum Gasteiger partial charge on any atom is 0.292 e. The third-order valence-electron chi connectivity index (χ3n) is 3.80. The van der Waals surface area contributed by atoms with E-state index in [1.807, 2.05) is 68.6 Å². The zero-order valence-electron chi connectivity index (χ0n) is 21.4. The summed E-state index contributed by atoms with van der Waals surface area (Å²) in [6, 6.07) is 17.5. The van der Waals surface area contributed by atoms with Crippen LogP contribution in [0.25, 0.3) is 6.08 Å². The van der Waals surface area contributed by atoms with Gasteiger partial charge in [-0.25, -0.2) is 0 Å². The van der Waals surface area contributed by atoms with Crippen molar-refractivity contribution in [2.45, 2.75) is 39.6 Å². The molecular formula is C28H37BN2O4. The quantitative estimate of drug-likeness (QED) is 0.358. The lowest BCUT2D eigenvalue weighted by molar-refractivity contribution is -0.126. The molecule has 0 aliphatic heterocycles. The third kappa shape index (κ3) is 22.0. The van der Waals surface area contributed by atoms with E-state index in [0.717, 1.165) is 17.4 Å². The Labute approximate surface area is 212 Å². The summed E-state index contributed by atoms with van der Waals surface area (Å²) >= 11 is 0. The lowest BCUT2D eigenvalue weighted by Crippen LogP contribution is -2.36. The van der Waals surface area contributed by atoms with Gasteiger partial charge in [0.15, 0.2) is 0 Å². The van der Waals surface area contributed by atoms with Crippen molar-refractivity contribution in [3.63, 3.8) is 0 Å². The first-order chi connectivity index (χ1) is 16.9. The van der Waals surface area contributed by atoms with E-state index in [4.69, 9.17) is 12.6 Å². The van der Waals surface area contributed by atoms with Crippen LogP contribution >= 0.6 is 0 Å². The summed E-state index contributed by atoms with van der Waals surface area (Å²) in [5.74, 6) is 5.87. The molecule has 0 spiro atoms. The fourth-order valence-corrected chi connectivity index (χ4v) is 1.91. The average molecular weight is 476 g/mol. The minimum atomic E-state index is -0.109. The van der Waals surface area contributed by atoms with E-state index in [-0.39, 0.29) is 12.2 Å². The molecule has 2 aromatic carbocycles. The van der Waals surface area contributed by atoms with E-state index in [2.05, 4.69) is 41.1 Å². The highest BCUT2D eigenvalue weighted by molar-refractivity contribution is 6.19. The number of aldehydes is 1. The lowest BCUT2D eigenvalue weighted by Gasteiger charge is -2.10. The molecule has 35 heavy (non-hydrogen) atoms. The van der Waals surface area contributed by atoms with Gasteiger partial charge in [-0.15, -0.1) is 0 Å². The van der Waals surface area contributed by atoms with Gasteiger partial charge < -0.3 is 15.4 Å². The van der Waals surface area contributed by atoms with Crippen molar-refractivity contribution in [3.8, 4) is 11.8 Å². The van der Waals surface area contributed by atoms with Crippen LogP contribution in [0.3, 0.4) is 0 Å². The molecule has 1 amide bonds. The second kappa shape index (κ2) is 25.0. The molecule has 0 aliphatic rings. The van der Waals surface area contributed by atoms with Crippen LogP contribution in [0.15, 0.2) is 60.7 Å². The topological polar surface area (TPSA) is 84.5 Å². The highest BCUT2D eigenvalue weighted by Gasteiger charge is 1.99. The highest BCUT2D eigenvalue weighted by atomic mass is 16.5. The molecule has 1 atom stereocenters. The minimum Gasteiger partial charge on any atom is -0.471 e. The molecule has 6 nitrogen and oxygen atoms in total. The molecule has 0 heterocycles.